The fourth-order valence-corrected chi connectivity index (χ4v) is 1.88. The number of hydrogen-bond donors (Lipinski definition) is 2. The Bertz CT molecular complexity index is 626. The van der Waals surface area contributed by atoms with Crippen LogP contribution in [0.5, 0.6) is 11.5 Å². The molecule has 0 heterocycles. The van der Waals surface area contributed by atoms with Gasteiger partial charge in [-0.3, -0.25) is 4.79 Å². The van der Waals surface area contributed by atoms with Gasteiger partial charge in [0.2, 0.25) is 0 Å². The molecule has 0 radical (unpaired) electrons. The third kappa shape index (κ3) is 2.71. The summed E-state index contributed by atoms with van der Waals surface area (Å²) in [5, 5.41) is 18.7. The van der Waals surface area contributed by atoms with E-state index in [4.69, 9.17) is 0 Å². The van der Waals surface area contributed by atoms with Gasteiger partial charge in [-0.2, -0.15) is 0 Å². The molecular weight excluding hydrogens is 261 g/mol. The summed E-state index contributed by atoms with van der Waals surface area (Å²) in [4.78, 5) is 13.8. The van der Waals surface area contributed by atoms with Gasteiger partial charge in [-0.1, -0.05) is 0 Å². The van der Waals surface area contributed by atoms with Crippen molar-refractivity contribution >= 4 is 11.6 Å². The second-order valence-electron chi connectivity index (χ2n) is 4.23. The van der Waals surface area contributed by atoms with Crippen molar-refractivity contribution in [1.82, 2.24) is 0 Å². The molecule has 0 spiro atoms. The Labute approximate surface area is 115 Å². The fourth-order valence-electron chi connectivity index (χ4n) is 1.88. The minimum absolute atomic E-state index is 0.242. The molecule has 0 bridgehead atoms. The fraction of sp³-hybridized carbons (Fsp3) is 0.133. The minimum Gasteiger partial charge on any atom is -0.504 e. The van der Waals surface area contributed by atoms with Crippen LogP contribution in [-0.4, -0.2) is 22.7 Å². The second kappa shape index (κ2) is 5.61. The molecular formula is C15H14FNO3. The number of phenolic OH excluding ortho intramolecular Hbond substituents is 2. The average Bonchev–Trinajstić information content (AvgIpc) is 2.44. The van der Waals surface area contributed by atoms with Crippen molar-refractivity contribution in [2.45, 2.75) is 6.92 Å². The quantitative estimate of drug-likeness (QED) is 0.847. The van der Waals surface area contributed by atoms with E-state index in [0.29, 0.717) is 12.2 Å². The van der Waals surface area contributed by atoms with Crippen molar-refractivity contribution < 1.29 is 19.4 Å². The van der Waals surface area contributed by atoms with Crippen molar-refractivity contribution in [3.8, 4) is 11.5 Å². The molecule has 2 aromatic rings. The van der Waals surface area contributed by atoms with E-state index < -0.39 is 0 Å². The first-order valence-corrected chi connectivity index (χ1v) is 6.12. The molecule has 0 atom stereocenters. The molecule has 2 rings (SSSR count). The Balaban J connectivity index is 2.33. The first-order chi connectivity index (χ1) is 9.52. The number of halogens is 1. The Kier molecular flexibility index (Phi) is 3.89. The molecule has 1 amide bonds. The van der Waals surface area contributed by atoms with Crippen LogP contribution in [0.1, 0.15) is 17.3 Å². The summed E-state index contributed by atoms with van der Waals surface area (Å²) in [5.41, 5.74) is 0.804. The number of rotatable bonds is 3. The van der Waals surface area contributed by atoms with Gasteiger partial charge in [0, 0.05) is 17.8 Å². The summed E-state index contributed by atoms with van der Waals surface area (Å²) < 4.78 is 12.9. The van der Waals surface area contributed by atoms with Gasteiger partial charge in [-0.15, -0.1) is 0 Å². The highest BCUT2D eigenvalue weighted by atomic mass is 19.1. The van der Waals surface area contributed by atoms with Crippen molar-refractivity contribution in [1.29, 1.82) is 0 Å². The summed E-state index contributed by atoms with van der Waals surface area (Å²) in [5.74, 6) is -1.36. The number of hydrogen-bond acceptors (Lipinski definition) is 3. The van der Waals surface area contributed by atoms with Gasteiger partial charge in [0.25, 0.3) is 5.91 Å². The Morgan fingerprint density at radius 3 is 2.30 bits per heavy atom. The predicted octanol–water partition coefficient (Wildman–Crippen LogP) is 2.90. The highest BCUT2D eigenvalue weighted by Crippen LogP contribution is 2.26. The number of anilines is 1. The summed E-state index contributed by atoms with van der Waals surface area (Å²) in [6.07, 6.45) is 0. The number of carbonyl (C=O) groups is 1. The number of phenols is 2. The lowest BCUT2D eigenvalue weighted by molar-refractivity contribution is 0.0988. The zero-order valence-corrected chi connectivity index (χ0v) is 10.9. The highest BCUT2D eigenvalue weighted by molar-refractivity contribution is 6.06. The minimum atomic E-state index is -0.375. The first-order valence-electron chi connectivity index (χ1n) is 6.12. The first kappa shape index (κ1) is 13.9. The Morgan fingerprint density at radius 2 is 1.75 bits per heavy atom. The molecule has 2 N–H and O–H groups in total. The van der Waals surface area contributed by atoms with Crippen molar-refractivity contribution in [3.63, 3.8) is 0 Å². The van der Waals surface area contributed by atoms with Crippen LogP contribution in [0.2, 0.25) is 0 Å². The van der Waals surface area contributed by atoms with Crippen molar-refractivity contribution in [3.05, 3.63) is 53.8 Å². The lowest BCUT2D eigenvalue weighted by Gasteiger charge is -2.21. The third-order valence-electron chi connectivity index (χ3n) is 2.92. The maximum absolute atomic E-state index is 12.9. The Morgan fingerprint density at radius 1 is 1.10 bits per heavy atom. The Hall–Kier alpha value is -2.56. The van der Waals surface area contributed by atoms with Gasteiger partial charge in [0.05, 0.1) is 0 Å². The zero-order chi connectivity index (χ0) is 14.7. The maximum atomic E-state index is 12.9. The molecule has 0 aliphatic rings. The van der Waals surface area contributed by atoms with Crippen LogP contribution in [0, 0.1) is 5.82 Å². The van der Waals surface area contributed by atoms with Crippen LogP contribution in [0.15, 0.2) is 42.5 Å². The maximum Gasteiger partial charge on any atom is 0.258 e. The molecule has 0 saturated heterocycles. The summed E-state index contributed by atoms with van der Waals surface area (Å²) in [7, 11) is 0. The predicted molar refractivity (Wildman–Crippen MR) is 73.5 cm³/mol. The largest absolute Gasteiger partial charge is 0.504 e. The third-order valence-corrected chi connectivity index (χ3v) is 2.92. The normalized spacial score (nSPS) is 10.3. The van der Waals surface area contributed by atoms with E-state index in [1.165, 1.54) is 47.4 Å². The van der Waals surface area contributed by atoms with Crippen molar-refractivity contribution in [2.24, 2.45) is 0 Å². The van der Waals surface area contributed by atoms with Crippen LogP contribution >= 0.6 is 0 Å². The van der Waals surface area contributed by atoms with Gasteiger partial charge < -0.3 is 15.1 Å². The molecule has 0 unspecified atom stereocenters. The topological polar surface area (TPSA) is 60.8 Å². The van der Waals surface area contributed by atoms with Crippen LogP contribution in [0.3, 0.4) is 0 Å². The molecule has 4 nitrogen and oxygen atoms in total. The molecule has 0 aromatic heterocycles. The number of carbonyl (C=O) groups excluding carboxylic acids is 1. The molecule has 0 fully saturated rings. The van der Waals surface area contributed by atoms with E-state index in [1.54, 1.807) is 6.92 Å². The van der Waals surface area contributed by atoms with Crippen LogP contribution in [0.4, 0.5) is 10.1 Å². The van der Waals surface area contributed by atoms with Gasteiger partial charge in [-0.25, -0.2) is 4.39 Å². The molecule has 0 saturated carbocycles. The number of amides is 1. The van der Waals surface area contributed by atoms with E-state index in [1.807, 2.05) is 0 Å². The SMILES string of the molecule is CCN(C(=O)c1ccc(O)c(O)c1)c1ccc(F)cc1. The summed E-state index contributed by atoms with van der Waals surface area (Å²) >= 11 is 0. The van der Waals surface area contributed by atoms with E-state index in [-0.39, 0.29) is 28.8 Å². The number of benzene rings is 2. The van der Waals surface area contributed by atoms with Gasteiger partial charge in [-0.05, 0) is 49.4 Å². The molecule has 0 aliphatic heterocycles. The van der Waals surface area contributed by atoms with Crippen LogP contribution < -0.4 is 4.90 Å². The lowest BCUT2D eigenvalue weighted by atomic mass is 10.1. The van der Waals surface area contributed by atoms with E-state index >= 15 is 0 Å². The van der Waals surface area contributed by atoms with Crippen molar-refractivity contribution in [2.75, 3.05) is 11.4 Å². The standard InChI is InChI=1S/C15H14FNO3/c1-2-17(12-6-4-11(16)5-7-12)15(20)10-3-8-13(18)14(19)9-10/h3-9,18-19H,2H2,1H3. The second-order valence-corrected chi connectivity index (χ2v) is 4.23. The smallest absolute Gasteiger partial charge is 0.258 e. The molecule has 2 aromatic carbocycles. The highest BCUT2D eigenvalue weighted by Gasteiger charge is 2.17. The number of aromatic hydroxyl groups is 2. The average molecular weight is 275 g/mol. The molecule has 5 heteroatoms. The molecule has 0 aliphatic carbocycles. The van der Waals surface area contributed by atoms with Gasteiger partial charge >= 0.3 is 0 Å². The zero-order valence-electron chi connectivity index (χ0n) is 10.9. The number of nitrogens with zero attached hydrogens (tertiary/aromatic N) is 1. The van der Waals surface area contributed by atoms with Crippen LogP contribution in [-0.2, 0) is 0 Å². The molecule has 20 heavy (non-hydrogen) atoms. The van der Waals surface area contributed by atoms with Gasteiger partial charge in [0.15, 0.2) is 11.5 Å². The summed E-state index contributed by atoms with van der Waals surface area (Å²) in [6, 6.07) is 9.45. The molecule has 104 valence electrons. The van der Waals surface area contributed by atoms with Gasteiger partial charge in [0.1, 0.15) is 5.82 Å². The monoisotopic (exact) mass is 275 g/mol. The van der Waals surface area contributed by atoms with E-state index in [9.17, 15) is 19.4 Å². The summed E-state index contributed by atoms with van der Waals surface area (Å²) in [6.45, 7) is 2.19. The van der Waals surface area contributed by atoms with E-state index in [2.05, 4.69) is 0 Å². The van der Waals surface area contributed by atoms with Crippen LogP contribution in [0.25, 0.3) is 0 Å². The lowest BCUT2D eigenvalue weighted by Crippen LogP contribution is -2.30. The van der Waals surface area contributed by atoms with E-state index in [0.717, 1.165) is 0 Å².